The summed E-state index contributed by atoms with van der Waals surface area (Å²) in [5, 5.41) is 17.1. The van der Waals surface area contributed by atoms with Crippen molar-refractivity contribution in [3.05, 3.63) is 71.0 Å². The molecule has 0 spiro atoms. The molecule has 0 saturated carbocycles. The van der Waals surface area contributed by atoms with Gasteiger partial charge >= 0.3 is 0 Å². The molecule has 0 saturated heterocycles. The summed E-state index contributed by atoms with van der Waals surface area (Å²) in [4.78, 5) is 12.1. The standard InChI is InChI=1S/C17H13ClN4O/c18-14-7-3-2-6-13(14)15(12(10-19)11-20)16(17(21)23)22-8-4-1-5-9-22/h1-9,15-16,19H,(H-,21,23)/p+1. The zero-order valence-electron chi connectivity index (χ0n) is 12.1. The van der Waals surface area contributed by atoms with Crippen LogP contribution >= 0.6 is 11.6 Å². The second kappa shape index (κ2) is 7.37. The summed E-state index contributed by atoms with van der Waals surface area (Å²) in [6.45, 7) is 0. The van der Waals surface area contributed by atoms with Crippen molar-refractivity contribution in [2.24, 2.45) is 5.73 Å². The molecule has 0 fully saturated rings. The summed E-state index contributed by atoms with van der Waals surface area (Å²) in [5.41, 5.74) is 6.12. The highest BCUT2D eigenvalue weighted by Gasteiger charge is 2.39. The number of amides is 1. The number of carbonyl (C=O) groups excluding carboxylic acids is 1. The van der Waals surface area contributed by atoms with Crippen LogP contribution in [0.15, 0.2) is 60.4 Å². The van der Waals surface area contributed by atoms with Crippen LogP contribution in [-0.2, 0) is 4.79 Å². The van der Waals surface area contributed by atoms with Gasteiger partial charge in [-0.15, -0.1) is 0 Å². The van der Waals surface area contributed by atoms with Crippen molar-refractivity contribution in [1.82, 2.24) is 0 Å². The van der Waals surface area contributed by atoms with Crippen molar-refractivity contribution in [1.29, 1.82) is 10.7 Å². The maximum atomic E-state index is 12.1. The first-order valence-corrected chi connectivity index (χ1v) is 7.17. The number of benzene rings is 1. The molecule has 114 valence electrons. The number of nitrogens with one attached hydrogen (secondary N) is 1. The van der Waals surface area contributed by atoms with Crippen LogP contribution < -0.4 is 10.3 Å². The molecule has 2 atom stereocenters. The summed E-state index contributed by atoms with van der Waals surface area (Å²) in [6, 6.07) is 13.2. The Morgan fingerprint density at radius 2 is 1.87 bits per heavy atom. The monoisotopic (exact) mass is 325 g/mol. The van der Waals surface area contributed by atoms with Crippen LogP contribution in [0.1, 0.15) is 17.5 Å². The lowest BCUT2D eigenvalue weighted by molar-refractivity contribution is -0.711. The third-order valence-electron chi connectivity index (χ3n) is 3.47. The highest BCUT2D eigenvalue weighted by Crippen LogP contribution is 2.35. The highest BCUT2D eigenvalue weighted by molar-refractivity contribution is 6.31. The first-order chi connectivity index (χ1) is 11.1. The van der Waals surface area contributed by atoms with E-state index in [2.05, 4.69) is 5.87 Å². The van der Waals surface area contributed by atoms with Gasteiger partial charge in [-0.05, 0) is 17.5 Å². The van der Waals surface area contributed by atoms with Gasteiger partial charge in [-0.1, -0.05) is 35.9 Å². The van der Waals surface area contributed by atoms with Crippen molar-refractivity contribution in [2.45, 2.75) is 12.0 Å². The SMILES string of the molecule is N#CC(=C=N)C(c1ccccc1Cl)C(C(N)=O)[n+]1ccccc1. The molecule has 0 aliphatic heterocycles. The van der Waals surface area contributed by atoms with Crippen molar-refractivity contribution in [2.75, 3.05) is 0 Å². The second-order valence-corrected chi connectivity index (χ2v) is 5.23. The zero-order valence-corrected chi connectivity index (χ0v) is 12.9. The van der Waals surface area contributed by atoms with Crippen molar-refractivity contribution in [3.8, 4) is 6.07 Å². The predicted octanol–water partition coefficient (Wildman–Crippen LogP) is 2.14. The van der Waals surface area contributed by atoms with Gasteiger partial charge in [-0.2, -0.15) is 9.83 Å². The van der Waals surface area contributed by atoms with E-state index in [1.54, 1.807) is 59.4 Å². The van der Waals surface area contributed by atoms with E-state index in [-0.39, 0.29) is 5.57 Å². The lowest BCUT2D eigenvalue weighted by atomic mass is 9.85. The maximum Gasteiger partial charge on any atom is 0.287 e. The average Bonchev–Trinajstić information content (AvgIpc) is 2.56. The number of primary amides is 1. The van der Waals surface area contributed by atoms with E-state index in [1.807, 2.05) is 6.07 Å². The van der Waals surface area contributed by atoms with Crippen molar-refractivity contribution in [3.63, 3.8) is 0 Å². The maximum absolute atomic E-state index is 12.1. The van der Waals surface area contributed by atoms with Crippen LogP contribution in [-0.4, -0.2) is 11.8 Å². The van der Waals surface area contributed by atoms with E-state index in [1.165, 1.54) is 0 Å². The Kier molecular flexibility index (Phi) is 5.27. The van der Waals surface area contributed by atoms with Crippen LogP contribution in [0.3, 0.4) is 0 Å². The number of carbonyl (C=O) groups is 1. The molecule has 2 aromatic rings. The van der Waals surface area contributed by atoms with Gasteiger partial charge in [0.2, 0.25) is 6.04 Å². The van der Waals surface area contributed by atoms with Gasteiger partial charge in [0.1, 0.15) is 17.6 Å². The molecule has 2 unspecified atom stereocenters. The Morgan fingerprint density at radius 3 is 2.39 bits per heavy atom. The van der Waals surface area contributed by atoms with Gasteiger partial charge in [0.25, 0.3) is 5.91 Å². The van der Waals surface area contributed by atoms with E-state index in [0.29, 0.717) is 10.6 Å². The minimum Gasteiger partial charge on any atom is -0.364 e. The third-order valence-corrected chi connectivity index (χ3v) is 3.82. The smallest absolute Gasteiger partial charge is 0.287 e. The fourth-order valence-electron chi connectivity index (χ4n) is 2.47. The number of allylic oxidation sites excluding steroid dienone is 1. The quantitative estimate of drug-likeness (QED) is 0.500. The van der Waals surface area contributed by atoms with Crippen molar-refractivity contribution >= 4 is 23.4 Å². The minimum absolute atomic E-state index is 0.0155. The lowest BCUT2D eigenvalue weighted by Gasteiger charge is -2.20. The van der Waals surface area contributed by atoms with E-state index in [0.717, 1.165) is 0 Å². The highest BCUT2D eigenvalue weighted by atomic mass is 35.5. The first-order valence-electron chi connectivity index (χ1n) is 6.79. The fourth-order valence-corrected chi connectivity index (χ4v) is 2.72. The number of halogens is 1. The molecule has 6 heteroatoms. The van der Waals surface area contributed by atoms with Gasteiger partial charge in [-0.25, -0.2) is 0 Å². The Labute approximate surface area is 138 Å². The summed E-state index contributed by atoms with van der Waals surface area (Å²) < 4.78 is 1.60. The zero-order chi connectivity index (χ0) is 16.8. The third kappa shape index (κ3) is 3.46. The first kappa shape index (κ1) is 16.4. The van der Waals surface area contributed by atoms with Crippen LogP contribution in [0.5, 0.6) is 0 Å². The van der Waals surface area contributed by atoms with Crippen LogP contribution in [0.25, 0.3) is 0 Å². The molecular formula is C17H14ClN4O+. The Hall–Kier alpha value is -2.93. The van der Waals surface area contributed by atoms with E-state index < -0.39 is 17.9 Å². The average molecular weight is 326 g/mol. The lowest BCUT2D eigenvalue weighted by Crippen LogP contribution is -2.49. The van der Waals surface area contributed by atoms with Crippen LogP contribution in [0.2, 0.25) is 5.02 Å². The number of rotatable bonds is 5. The molecule has 0 bridgehead atoms. The topological polar surface area (TPSA) is 94.6 Å². The van der Waals surface area contributed by atoms with E-state index in [9.17, 15) is 10.1 Å². The molecule has 3 N–H and O–H groups in total. The Balaban J connectivity index is 2.70. The van der Waals surface area contributed by atoms with E-state index in [4.69, 9.17) is 22.7 Å². The van der Waals surface area contributed by atoms with Gasteiger partial charge in [0.15, 0.2) is 12.4 Å². The van der Waals surface area contributed by atoms with Gasteiger partial charge < -0.3 is 5.73 Å². The molecular weight excluding hydrogens is 312 g/mol. The van der Waals surface area contributed by atoms with Gasteiger partial charge in [0.05, 0.1) is 0 Å². The molecule has 5 nitrogen and oxygen atoms in total. The van der Waals surface area contributed by atoms with Gasteiger partial charge in [0, 0.05) is 17.2 Å². The number of nitriles is 1. The number of hydrogen-bond donors (Lipinski definition) is 2. The summed E-state index contributed by atoms with van der Waals surface area (Å²) in [6.07, 6.45) is 3.36. The molecule has 1 heterocycles. The molecule has 1 aromatic carbocycles. The van der Waals surface area contributed by atoms with Crippen LogP contribution in [0, 0.1) is 16.7 Å². The molecule has 23 heavy (non-hydrogen) atoms. The molecule has 1 aromatic heterocycles. The predicted molar refractivity (Wildman–Crippen MR) is 85.9 cm³/mol. The van der Waals surface area contributed by atoms with Crippen molar-refractivity contribution < 1.29 is 9.36 Å². The van der Waals surface area contributed by atoms with Crippen LogP contribution in [0.4, 0.5) is 0 Å². The molecule has 0 radical (unpaired) electrons. The van der Waals surface area contributed by atoms with E-state index >= 15 is 0 Å². The van der Waals surface area contributed by atoms with Gasteiger partial charge in [-0.3, -0.25) is 10.2 Å². The fraction of sp³-hybridized carbons (Fsp3) is 0.118. The number of aromatic nitrogens is 1. The largest absolute Gasteiger partial charge is 0.364 e. The number of pyridine rings is 1. The Bertz CT molecular complexity index is 807. The number of nitrogens with zero attached hydrogens (tertiary/aromatic N) is 2. The number of hydrogen-bond acceptors (Lipinski definition) is 3. The molecule has 0 aliphatic rings. The normalized spacial score (nSPS) is 12.5. The summed E-state index contributed by atoms with van der Waals surface area (Å²) >= 11 is 6.24. The second-order valence-electron chi connectivity index (χ2n) is 4.82. The summed E-state index contributed by atoms with van der Waals surface area (Å²) in [7, 11) is 0. The number of nitrogens with two attached hydrogens (primary N) is 1. The minimum atomic E-state index is -0.899. The molecule has 0 aliphatic carbocycles. The summed E-state index contributed by atoms with van der Waals surface area (Å²) in [5.74, 6) is 0.683. The Morgan fingerprint density at radius 1 is 1.22 bits per heavy atom. The molecule has 1 amide bonds. The molecule has 2 rings (SSSR count).